The average Bonchev–Trinajstić information content (AvgIpc) is 3.47. The number of benzene rings is 1. The van der Waals surface area contributed by atoms with E-state index in [1.807, 2.05) is 47.9 Å². The Morgan fingerprint density at radius 3 is 2.43 bits per heavy atom. The molecule has 1 saturated heterocycles. The highest BCUT2D eigenvalue weighted by molar-refractivity contribution is 7.14. The molecule has 1 saturated carbocycles. The fourth-order valence-corrected chi connectivity index (χ4v) is 5.43. The Labute approximate surface area is 166 Å². The number of aromatic nitrogens is 1. The van der Waals surface area contributed by atoms with Crippen molar-refractivity contribution in [1.82, 2.24) is 9.88 Å². The number of amides is 3. The lowest BCUT2D eigenvalue weighted by Crippen LogP contribution is -2.46. The largest absolute Gasteiger partial charge is 0.300 e. The first kappa shape index (κ1) is 17.3. The molecule has 28 heavy (non-hydrogen) atoms. The normalized spacial score (nSPS) is 28.7. The molecule has 2 aromatic rings. The van der Waals surface area contributed by atoms with Gasteiger partial charge in [0, 0.05) is 10.9 Å². The number of imide groups is 1. The van der Waals surface area contributed by atoms with Gasteiger partial charge < -0.3 is 5.32 Å². The molecule has 3 amide bonds. The molecule has 1 N–H and O–H groups in total. The maximum atomic E-state index is 12.9. The van der Waals surface area contributed by atoms with E-state index >= 15 is 0 Å². The second-order valence-corrected chi connectivity index (χ2v) is 8.47. The summed E-state index contributed by atoms with van der Waals surface area (Å²) >= 11 is 1.32. The molecular formula is C21H19N3O3S. The molecule has 3 aliphatic rings. The first-order valence-electron chi connectivity index (χ1n) is 9.41. The number of likely N-dealkylation sites (tertiary alicyclic amines) is 1. The summed E-state index contributed by atoms with van der Waals surface area (Å²) in [5.74, 6) is -1.11. The zero-order valence-electron chi connectivity index (χ0n) is 15.2. The molecule has 1 aliphatic heterocycles. The SMILES string of the molecule is CC(C(=O)Nc1nc(-c2ccccc2)cs1)N1C(=O)C2C3C=CC(C3)C2C1=O. The van der Waals surface area contributed by atoms with E-state index in [0.29, 0.717) is 5.13 Å². The van der Waals surface area contributed by atoms with E-state index in [0.717, 1.165) is 17.7 Å². The van der Waals surface area contributed by atoms with Crippen LogP contribution in [0.5, 0.6) is 0 Å². The van der Waals surface area contributed by atoms with Crippen LogP contribution in [0.4, 0.5) is 5.13 Å². The molecule has 5 rings (SSSR count). The maximum Gasteiger partial charge on any atom is 0.249 e. The predicted octanol–water partition coefficient (Wildman–Crippen LogP) is 2.94. The van der Waals surface area contributed by atoms with Gasteiger partial charge in [0.05, 0.1) is 17.5 Å². The Morgan fingerprint density at radius 2 is 1.79 bits per heavy atom. The molecule has 2 heterocycles. The summed E-state index contributed by atoms with van der Waals surface area (Å²) in [6.07, 6.45) is 4.97. The van der Waals surface area contributed by atoms with E-state index in [1.54, 1.807) is 6.92 Å². The minimum absolute atomic E-state index is 0.138. The number of thiazole rings is 1. The molecule has 5 atom stereocenters. The second-order valence-electron chi connectivity index (χ2n) is 7.62. The van der Waals surface area contributed by atoms with Crippen molar-refractivity contribution in [3.8, 4) is 11.3 Å². The summed E-state index contributed by atoms with van der Waals surface area (Å²) in [6, 6.07) is 8.84. The van der Waals surface area contributed by atoms with Crippen LogP contribution < -0.4 is 5.32 Å². The third-order valence-corrected chi connectivity index (χ3v) is 6.83. The van der Waals surface area contributed by atoms with Crippen LogP contribution in [-0.4, -0.2) is 33.6 Å². The van der Waals surface area contributed by atoms with Gasteiger partial charge in [-0.2, -0.15) is 0 Å². The van der Waals surface area contributed by atoms with Crippen molar-refractivity contribution in [2.75, 3.05) is 5.32 Å². The van der Waals surface area contributed by atoms with Crippen LogP contribution in [0.2, 0.25) is 0 Å². The minimum Gasteiger partial charge on any atom is -0.300 e. The smallest absolute Gasteiger partial charge is 0.249 e. The molecule has 1 aromatic carbocycles. The van der Waals surface area contributed by atoms with Gasteiger partial charge in [0.15, 0.2) is 5.13 Å². The number of fused-ring (bicyclic) bond motifs is 5. The van der Waals surface area contributed by atoms with E-state index in [9.17, 15) is 14.4 Å². The Kier molecular flexibility index (Phi) is 3.94. The third kappa shape index (κ3) is 2.53. The lowest BCUT2D eigenvalue weighted by molar-refractivity contribution is -0.146. The molecule has 2 bridgehead atoms. The molecule has 0 radical (unpaired) electrons. The molecule has 142 valence electrons. The summed E-state index contributed by atoms with van der Waals surface area (Å²) < 4.78 is 0. The Morgan fingerprint density at radius 1 is 1.14 bits per heavy atom. The van der Waals surface area contributed by atoms with Crippen LogP contribution in [0.3, 0.4) is 0 Å². The molecule has 7 heteroatoms. The fourth-order valence-electron chi connectivity index (χ4n) is 4.71. The number of anilines is 1. The third-order valence-electron chi connectivity index (χ3n) is 6.08. The number of allylic oxidation sites excluding steroid dienone is 2. The van der Waals surface area contributed by atoms with Crippen LogP contribution in [0, 0.1) is 23.7 Å². The van der Waals surface area contributed by atoms with Crippen LogP contribution in [0.15, 0.2) is 47.9 Å². The van der Waals surface area contributed by atoms with E-state index in [4.69, 9.17) is 0 Å². The highest BCUT2D eigenvalue weighted by Crippen LogP contribution is 2.52. The zero-order valence-corrected chi connectivity index (χ0v) is 16.1. The number of nitrogens with zero attached hydrogens (tertiary/aromatic N) is 2. The van der Waals surface area contributed by atoms with E-state index < -0.39 is 11.9 Å². The molecule has 0 spiro atoms. The van der Waals surface area contributed by atoms with Crippen molar-refractivity contribution in [1.29, 1.82) is 0 Å². The molecular weight excluding hydrogens is 374 g/mol. The van der Waals surface area contributed by atoms with Crippen LogP contribution in [0.25, 0.3) is 11.3 Å². The number of nitrogens with one attached hydrogen (secondary N) is 1. The van der Waals surface area contributed by atoms with Gasteiger partial charge in [-0.15, -0.1) is 11.3 Å². The van der Waals surface area contributed by atoms with Crippen LogP contribution >= 0.6 is 11.3 Å². The number of hydrogen-bond acceptors (Lipinski definition) is 5. The number of carbonyl (C=O) groups excluding carboxylic acids is 3. The predicted molar refractivity (Wildman–Crippen MR) is 105 cm³/mol. The van der Waals surface area contributed by atoms with Crippen molar-refractivity contribution in [2.45, 2.75) is 19.4 Å². The van der Waals surface area contributed by atoms with Crippen LogP contribution in [-0.2, 0) is 14.4 Å². The van der Waals surface area contributed by atoms with Gasteiger partial charge >= 0.3 is 0 Å². The summed E-state index contributed by atoms with van der Waals surface area (Å²) in [5.41, 5.74) is 1.74. The Bertz CT molecular complexity index is 969. The summed E-state index contributed by atoms with van der Waals surface area (Å²) in [5, 5.41) is 5.09. The molecule has 1 aromatic heterocycles. The first-order chi connectivity index (χ1) is 13.5. The van der Waals surface area contributed by atoms with E-state index in [2.05, 4.69) is 10.3 Å². The zero-order chi connectivity index (χ0) is 19.4. The number of hydrogen-bond donors (Lipinski definition) is 1. The fraction of sp³-hybridized carbons (Fsp3) is 0.333. The van der Waals surface area contributed by atoms with Gasteiger partial charge in [-0.25, -0.2) is 4.98 Å². The van der Waals surface area contributed by atoms with Crippen molar-refractivity contribution >= 4 is 34.2 Å². The van der Waals surface area contributed by atoms with Gasteiger partial charge in [0.25, 0.3) is 0 Å². The van der Waals surface area contributed by atoms with Gasteiger partial charge in [-0.05, 0) is 25.2 Å². The van der Waals surface area contributed by atoms with Gasteiger partial charge in [0.1, 0.15) is 6.04 Å². The van der Waals surface area contributed by atoms with Gasteiger partial charge in [-0.3, -0.25) is 19.3 Å². The minimum atomic E-state index is -0.853. The van der Waals surface area contributed by atoms with Gasteiger partial charge in [0.2, 0.25) is 17.7 Å². The lowest BCUT2D eigenvalue weighted by atomic mass is 9.85. The van der Waals surface area contributed by atoms with Crippen molar-refractivity contribution < 1.29 is 14.4 Å². The van der Waals surface area contributed by atoms with Crippen molar-refractivity contribution in [2.24, 2.45) is 23.7 Å². The quantitative estimate of drug-likeness (QED) is 0.640. The Hall–Kier alpha value is -2.80. The molecule has 5 unspecified atom stereocenters. The van der Waals surface area contributed by atoms with Crippen LogP contribution in [0.1, 0.15) is 13.3 Å². The standard InChI is InChI=1S/C21H19N3O3S/c1-11(24-19(26)16-13-7-8-14(9-13)17(16)20(24)27)18(25)23-21-22-15(10-28-21)12-5-3-2-4-6-12/h2-8,10-11,13-14,16-17H,9H2,1H3,(H,22,23,25). The summed E-state index contributed by atoms with van der Waals surface area (Å²) in [4.78, 5) is 44.1. The van der Waals surface area contributed by atoms with E-state index in [-0.39, 0.29) is 35.5 Å². The maximum absolute atomic E-state index is 12.9. The average molecular weight is 393 g/mol. The van der Waals surface area contributed by atoms with Crippen molar-refractivity contribution in [3.05, 3.63) is 47.9 Å². The van der Waals surface area contributed by atoms with Crippen molar-refractivity contribution in [3.63, 3.8) is 0 Å². The topological polar surface area (TPSA) is 79.4 Å². The number of carbonyl (C=O) groups is 3. The molecule has 2 fully saturated rings. The highest BCUT2D eigenvalue weighted by atomic mass is 32.1. The van der Waals surface area contributed by atoms with Gasteiger partial charge in [-0.1, -0.05) is 42.5 Å². The Balaban J connectivity index is 1.31. The second kappa shape index (κ2) is 6.38. The molecule has 6 nitrogen and oxygen atoms in total. The summed E-state index contributed by atoms with van der Waals surface area (Å²) in [6.45, 7) is 1.60. The summed E-state index contributed by atoms with van der Waals surface area (Å²) in [7, 11) is 0. The highest BCUT2D eigenvalue weighted by Gasteiger charge is 2.60. The van der Waals surface area contributed by atoms with E-state index in [1.165, 1.54) is 16.2 Å². The first-order valence-corrected chi connectivity index (χ1v) is 10.3. The lowest BCUT2D eigenvalue weighted by Gasteiger charge is -2.23. The molecule has 2 aliphatic carbocycles. The number of rotatable bonds is 4. The monoisotopic (exact) mass is 393 g/mol.